The summed E-state index contributed by atoms with van der Waals surface area (Å²) >= 11 is 0. The zero-order chi connectivity index (χ0) is 25.0. The van der Waals surface area contributed by atoms with Crippen LogP contribution in [0.15, 0.2) is 73.1 Å². The highest BCUT2D eigenvalue weighted by molar-refractivity contribution is 6.02. The number of halogens is 3. The van der Waals surface area contributed by atoms with E-state index in [2.05, 4.69) is 30.8 Å². The van der Waals surface area contributed by atoms with E-state index in [-0.39, 0.29) is 5.69 Å². The van der Waals surface area contributed by atoms with E-state index in [9.17, 15) is 18.0 Å². The summed E-state index contributed by atoms with van der Waals surface area (Å²) in [4.78, 5) is 22.9. The summed E-state index contributed by atoms with van der Waals surface area (Å²) in [5, 5.41) is 8.99. The smallest absolute Gasteiger partial charge is 0.340 e. The zero-order valence-corrected chi connectivity index (χ0v) is 19.0. The van der Waals surface area contributed by atoms with Crippen LogP contribution in [0.3, 0.4) is 0 Å². The molecular formula is C25H23F3N6O. The van der Waals surface area contributed by atoms with Gasteiger partial charge in [0.25, 0.3) is 0 Å². The van der Waals surface area contributed by atoms with Crippen LogP contribution >= 0.6 is 0 Å². The van der Waals surface area contributed by atoms with Crippen molar-refractivity contribution in [3.8, 4) is 0 Å². The van der Waals surface area contributed by atoms with Crippen LogP contribution in [0.5, 0.6) is 0 Å². The molecule has 1 aromatic heterocycles. The molecule has 0 saturated heterocycles. The van der Waals surface area contributed by atoms with E-state index < -0.39 is 17.8 Å². The molecule has 0 spiro atoms. The molecule has 3 aromatic carbocycles. The molecule has 4 rings (SSSR count). The molecule has 2 amide bonds. The van der Waals surface area contributed by atoms with Crippen molar-refractivity contribution in [2.45, 2.75) is 12.7 Å². The number of hydrogen-bond donors (Lipinski definition) is 3. The Hall–Kier alpha value is -4.18. The van der Waals surface area contributed by atoms with Crippen LogP contribution in [-0.4, -0.2) is 35.0 Å². The van der Waals surface area contributed by atoms with Crippen molar-refractivity contribution in [2.24, 2.45) is 0 Å². The first kappa shape index (κ1) is 24.0. The van der Waals surface area contributed by atoms with Crippen molar-refractivity contribution < 1.29 is 18.0 Å². The second kappa shape index (κ2) is 9.98. The molecule has 10 heteroatoms. The van der Waals surface area contributed by atoms with Gasteiger partial charge in [0, 0.05) is 29.0 Å². The number of amides is 2. The van der Waals surface area contributed by atoms with Gasteiger partial charge >= 0.3 is 12.2 Å². The molecule has 0 saturated carbocycles. The first-order valence-corrected chi connectivity index (χ1v) is 10.7. The van der Waals surface area contributed by atoms with Crippen molar-refractivity contribution in [1.82, 2.24) is 14.9 Å². The number of rotatable bonds is 6. The number of nitrogens with zero attached hydrogens (tertiary/aromatic N) is 3. The highest BCUT2D eigenvalue weighted by atomic mass is 19.4. The van der Waals surface area contributed by atoms with E-state index >= 15 is 0 Å². The average Bonchev–Trinajstić information content (AvgIpc) is 2.80. The monoisotopic (exact) mass is 480 g/mol. The number of alkyl halides is 3. The van der Waals surface area contributed by atoms with Crippen molar-refractivity contribution in [1.29, 1.82) is 0 Å². The Balaban J connectivity index is 1.50. The Bertz CT molecular complexity index is 1340. The molecule has 0 aliphatic carbocycles. The first-order chi connectivity index (χ1) is 16.7. The largest absolute Gasteiger partial charge is 0.416 e. The maximum absolute atomic E-state index is 13.1. The van der Waals surface area contributed by atoms with Crippen molar-refractivity contribution in [3.05, 3.63) is 84.2 Å². The van der Waals surface area contributed by atoms with Gasteiger partial charge in [-0.1, -0.05) is 18.2 Å². The molecule has 0 unspecified atom stereocenters. The van der Waals surface area contributed by atoms with Gasteiger partial charge in [0.05, 0.1) is 11.1 Å². The van der Waals surface area contributed by atoms with Crippen molar-refractivity contribution in [2.75, 3.05) is 30.0 Å². The minimum atomic E-state index is -4.46. The Kier molecular flexibility index (Phi) is 6.83. The van der Waals surface area contributed by atoms with E-state index in [4.69, 9.17) is 0 Å². The third-order valence-corrected chi connectivity index (χ3v) is 5.06. The summed E-state index contributed by atoms with van der Waals surface area (Å²) in [5.41, 5.74) is 2.26. The van der Waals surface area contributed by atoms with Gasteiger partial charge in [-0.05, 0) is 68.2 Å². The van der Waals surface area contributed by atoms with Crippen LogP contribution in [0.4, 0.5) is 40.8 Å². The minimum Gasteiger partial charge on any atom is -0.340 e. The van der Waals surface area contributed by atoms with Crippen molar-refractivity contribution >= 4 is 39.8 Å². The maximum Gasteiger partial charge on any atom is 0.416 e. The number of carbonyl (C=O) groups excluding carboxylic acids is 1. The summed E-state index contributed by atoms with van der Waals surface area (Å²) in [6, 6.07) is 17.0. The number of nitrogens with one attached hydrogen (secondary N) is 3. The number of aromatic nitrogens is 2. The number of hydrogen-bond acceptors (Lipinski definition) is 5. The summed E-state index contributed by atoms with van der Waals surface area (Å²) in [6.07, 6.45) is -3.14. The Morgan fingerprint density at radius 3 is 2.31 bits per heavy atom. The minimum absolute atomic E-state index is 0.230. The molecule has 0 atom stereocenters. The molecular weight excluding hydrogens is 457 g/mol. The van der Waals surface area contributed by atoms with Crippen LogP contribution in [0.2, 0.25) is 0 Å². The highest BCUT2D eigenvalue weighted by Gasteiger charge is 2.30. The van der Waals surface area contributed by atoms with Crippen LogP contribution in [-0.2, 0) is 12.7 Å². The average molecular weight is 480 g/mol. The van der Waals surface area contributed by atoms with Gasteiger partial charge in [-0.15, -0.1) is 0 Å². The molecule has 4 aromatic rings. The molecule has 0 aliphatic rings. The quantitative estimate of drug-likeness (QED) is 0.311. The van der Waals surface area contributed by atoms with E-state index in [0.29, 0.717) is 28.1 Å². The molecule has 7 nitrogen and oxygen atoms in total. The van der Waals surface area contributed by atoms with E-state index in [1.165, 1.54) is 18.5 Å². The predicted molar refractivity (Wildman–Crippen MR) is 131 cm³/mol. The van der Waals surface area contributed by atoms with Crippen LogP contribution in [0.1, 0.15) is 11.1 Å². The van der Waals surface area contributed by atoms with Crippen LogP contribution in [0, 0.1) is 0 Å². The topological polar surface area (TPSA) is 82.2 Å². The molecule has 180 valence electrons. The van der Waals surface area contributed by atoms with E-state index in [0.717, 1.165) is 24.2 Å². The van der Waals surface area contributed by atoms with Crippen molar-refractivity contribution in [3.63, 3.8) is 0 Å². The second-order valence-corrected chi connectivity index (χ2v) is 8.17. The standard InChI is InChI=1S/C25H23F3N6O/c1-34(2)14-16-6-8-18(9-7-16)32-24(35)33-20-10-11-22-21(13-20)23(30-15-29-22)31-19-5-3-4-17(12-19)25(26,27)28/h3-13,15H,14H2,1-2H3,(H,29,30,31)(H2,32,33,35). The SMILES string of the molecule is CN(C)Cc1ccc(NC(=O)Nc2ccc3ncnc(Nc4cccc(C(F)(F)F)c4)c3c2)cc1. The highest BCUT2D eigenvalue weighted by Crippen LogP contribution is 2.32. The number of fused-ring (bicyclic) bond motifs is 1. The van der Waals surface area contributed by atoms with Gasteiger partial charge in [0.15, 0.2) is 0 Å². The third kappa shape index (κ3) is 6.24. The summed E-state index contributed by atoms with van der Waals surface area (Å²) in [6.45, 7) is 0.794. The van der Waals surface area contributed by atoms with Gasteiger partial charge in [-0.2, -0.15) is 13.2 Å². The third-order valence-electron chi connectivity index (χ3n) is 5.06. The molecule has 1 heterocycles. The first-order valence-electron chi connectivity index (χ1n) is 10.7. The van der Waals surface area contributed by atoms with E-state index in [1.807, 2.05) is 38.4 Å². The Morgan fingerprint density at radius 1 is 0.886 bits per heavy atom. The number of urea groups is 1. The predicted octanol–water partition coefficient (Wildman–Crippen LogP) is 6.10. The van der Waals surface area contributed by atoms with Crippen LogP contribution < -0.4 is 16.0 Å². The van der Waals surface area contributed by atoms with Gasteiger partial charge in [-0.3, -0.25) is 0 Å². The lowest BCUT2D eigenvalue weighted by Crippen LogP contribution is -2.19. The normalized spacial score (nSPS) is 11.5. The molecule has 0 fully saturated rings. The lowest BCUT2D eigenvalue weighted by atomic mass is 10.1. The Labute approximate surface area is 200 Å². The van der Waals surface area contributed by atoms with E-state index in [1.54, 1.807) is 18.2 Å². The lowest BCUT2D eigenvalue weighted by molar-refractivity contribution is -0.137. The summed E-state index contributed by atoms with van der Waals surface area (Å²) in [5.74, 6) is 0.315. The fourth-order valence-corrected chi connectivity index (χ4v) is 3.50. The Morgan fingerprint density at radius 2 is 1.60 bits per heavy atom. The van der Waals surface area contributed by atoms with Gasteiger partial charge in [-0.25, -0.2) is 14.8 Å². The van der Waals surface area contributed by atoms with Gasteiger partial charge in [0.2, 0.25) is 0 Å². The fourth-order valence-electron chi connectivity index (χ4n) is 3.50. The second-order valence-electron chi connectivity index (χ2n) is 8.17. The molecule has 35 heavy (non-hydrogen) atoms. The van der Waals surface area contributed by atoms with Gasteiger partial charge in [0.1, 0.15) is 12.1 Å². The van der Waals surface area contributed by atoms with Gasteiger partial charge < -0.3 is 20.9 Å². The maximum atomic E-state index is 13.1. The molecule has 0 aliphatic heterocycles. The van der Waals surface area contributed by atoms with Crippen LogP contribution in [0.25, 0.3) is 10.9 Å². The number of benzene rings is 3. The number of carbonyl (C=O) groups is 1. The molecule has 0 bridgehead atoms. The number of anilines is 4. The summed E-state index contributed by atoms with van der Waals surface area (Å²) in [7, 11) is 3.96. The fraction of sp³-hybridized carbons (Fsp3) is 0.160. The zero-order valence-electron chi connectivity index (χ0n) is 19.0. The summed E-state index contributed by atoms with van der Waals surface area (Å²) < 4.78 is 39.2. The molecule has 0 radical (unpaired) electrons. The lowest BCUT2D eigenvalue weighted by Gasteiger charge is -2.13. The molecule has 3 N–H and O–H groups in total.